The number of carbonyl (C=O) groups is 2. The lowest BCUT2D eigenvalue weighted by Gasteiger charge is -2.26. The first-order valence-electron chi connectivity index (χ1n) is 5.18. The van der Waals surface area contributed by atoms with E-state index >= 15 is 0 Å². The zero-order chi connectivity index (χ0) is 11.5. The van der Waals surface area contributed by atoms with Crippen LogP contribution in [0.1, 0.15) is 24.8 Å². The molecule has 84 valence electrons. The first kappa shape index (κ1) is 10.7. The molecule has 16 heavy (non-hydrogen) atoms. The van der Waals surface area contributed by atoms with Crippen LogP contribution in [0.15, 0.2) is 30.3 Å². The molecule has 0 aliphatic carbocycles. The van der Waals surface area contributed by atoms with E-state index in [1.54, 1.807) is 31.2 Å². The van der Waals surface area contributed by atoms with Crippen molar-refractivity contribution in [1.82, 2.24) is 0 Å². The predicted octanol–water partition coefficient (Wildman–Crippen LogP) is 1.61. The second kappa shape index (κ2) is 4.35. The van der Waals surface area contributed by atoms with Crippen molar-refractivity contribution < 1.29 is 19.1 Å². The summed E-state index contributed by atoms with van der Waals surface area (Å²) in [6.45, 7) is 1.79. The fourth-order valence-corrected chi connectivity index (χ4v) is 1.60. The SMILES string of the molecule is CCC1OC(=O)C(c2ccccc2)C(=O)O1. The Kier molecular flexibility index (Phi) is 2.90. The topological polar surface area (TPSA) is 52.6 Å². The van der Waals surface area contributed by atoms with Crippen LogP contribution in [0.25, 0.3) is 0 Å². The van der Waals surface area contributed by atoms with Crippen LogP contribution in [0.3, 0.4) is 0 Å². The monoisotopic (exact) mass is 220 g/mol. The number of hydrogen-bond acceptors (Lipinski definition) is 4. The van der Waals surface area contributed by atoms with Gasteiger partial charge in [0.25, 0.3) is 0 Å². The molecule has 1 heterocycles. The standard InChI is InChI=1S/C12H12O4/c1-2-9-15-11(13)10(12(14)16-9)8-6-4-3-5-7-8/h3-7,9-10H,2H2,1H3. The van der Waals surface area contributed by atoms with E-state index in [9.17, 15) is 9.59 Å². The van der Waals surface area contributed by atoms with Gasteiger partial charge in [0, 0.05) is 6.42 Å². The minimum Gasteiger partial charge on any atom is -0.424 e. The van der Waals surface area contributed by atoms with E-state index in [-0.39, 0.29) is 0 Å². The number of ether oxygens (including phenoxy) is 2. The number of hydrogen-bond donors (Lipinski definition) is 0. The second-order valence-corrected chi connectivity index (χ2v) is 3.56. The van der Waals surface area contributed by atoms with Crippen LogP contribution >= 0.6 is 0 Å². The minimum atomic E-state index is -0.941. The van der Waals surface area contributed by atoms with E-state index in [1.165, 1.54) is 0 Å². The van der Waals surface area contributed by atoms with Gasteiger partial charge in [-0.25, -0.2) is 0 Å². The summed E-state index contributed by atoms with van der Waals surface area (Å²) >= 11 is 0. The Morgan fingerprint density at radius 1 is 1.06 bits per heavy atom. The summed E-state index contributed by atoms with van der Waals surface area (Å²) in [6.07, 6.45) is -0.265. The highest BCUT2D eigenvalue weighted by molar-refractivity contribution is 6.02. The van der Waals surface area contributed by atoms with Gasteiger partial charge in [-0.05, 0) is 5.56 Å². The van der Waals surface area contributed by atoms with Crippen molar-refractivity contribution in [3.8, 4) is 0 Å². The average molecular weight is 220 g/mol. The molecule has 0 spiro atoms. The molecular weight excluding hydrogens is 208 g/mol. The normalized spacial score (nSPS) is 24.8. The fourth-order valence-electron chi connectivity index (χ4n) is 1.60. The summed E-state index contributed by atoms with van der Waals surface area (Å²) < 4.78 is 9.98. The van der Waals surface area contributed by atoms with Crippen molar-refractivity contribution in [3.05, 3.63) is 35.9 Å². The maximum absolute atomic E-state index is 11.7. The summed E-state index contributed by atoms with van der Waals surface area (Å²) in [4.78, 5) is 23.3. The van der Waals surface area contributed by atoms with Gasteiger partial charge in [-0.1, -0.05) is 37.3 Å². The number of benzene rings is 1. The number of esters is 2. The van der Waals surface area contributed by atoms with Gasteiger partial charge in [0.2, 0.25) is 6.29 Å². The molecule has 0 bridgehead atoms. The van der Waals surface area contributed by atoms with Crippen LogP contribution in [-0.2, 0) is 19.1 Å². The third-order valence-corrected chi connectivity index (χ3v) is 2.43. The Bertz CT molecular complexity index is 381. The van der Waals surface area contributed by atoms with E-state index in [0.29, 0.717) is 12.0 Å². The smallest absolute Gasteiger partial charge is 0.327 e. The van der Waals surface area contributed by atoms with E-state index in [2.05, 4.69) is 0 Å². The van der Waals surface area contributed by atoms with Crippen LogP contribution < -0.4 is 0 Å². The summed E-state index contributed by atoms with van der Waals surface area (Å²) in [5, 5.41) is 0. The molecule has 2 rings (SSSR count). The molecule has 0 aromatic heterocycles. The Balaban J connectivity index is 2.23. The van der Waals surface area contributed by atoms with Gasteiger partial charge in [0.05, 0.1) is 0 Å². The Hall–Kier alpha value is -1.84. The quantitative estimate of drug-likeness (QED) is 0.561. The largest absolute Gasteiger partial charge is 0.424 e. The van der Waals surface area contributed by atoms with Crippen LogP contribution in [0.5, 0.6) is 0 Å². The first-order chi connectivity index (χ1) is 7.72. The zero-order valence-electron chi connectivity index (χ0n) is 8.88. The zero-order valence-corrected chi connectivity index (χ0v) is 8.88. The highest BCUT2D eigenvalue weighted by Crippen LogP contribution is 2.25. The fraction of sp³-hybridized carbons (Fsp3) is 0.333. The van der Waals surface area contributed by atoms with E-state index < -0.39 is 24.1 Å². The van der Waals surface area contributed by atoms with Gasteiger partial charge < -0.3 is 9.47 Å². The lowest BCUT2D eigenvalue weighted by atomic mass is 9.99. The Morgan fingerprint density at radius 2 is 1.62 bits per heavy atom. The molecule has 0 radical (unpaired) electrons. The molecule has 1 aromatic carbocycles. The number of rotatable bonds is 2. The van der Waals surface area contributed by atoms with Gasteiger partial charge in [0.15, 0.2) is 5.92 Å². The third kappa shape index (κ3) is 1.91. The van der Waals surface area contributed by atoms with Crippen LogP contribution in [-0.4, -0.2) is 18.2 Å². The van der Waals surface area contributed by atoms with E-state index in [0.717, 1.165) is 0 Å². The molecule has 4 nitrogen and oxygen atoms in total. The molecule has 0 N–H and O–H groups in total. The second-order valence-electron chi connectivity index (χ2n) is 3.56. The maximum atomic E-state index is 11.7. The maximum Gasteiger partial charge on any atom is 0.327 e. The Morgan fingerprint density at radius 3 is 2.12 bits per heavy atom. The molecule has 0 amide bonds. The van der Waals surface area contributed by atoms with Crippen molar-refractivity contribution in [1.29, 1.82) is 0 Å². The summed E-state index contributed by atoms with van der Waals surface area (Å²) in [5.74, 6) is -2.01. The highest BCUT2D eigenvalue weighted by Gasteiger charge is 2.39. The van der Waals surface area contributed by atoms with E-state index in [1.807, 2.05) is 6.07 Å². The molecule has 4 heteroatoms. The molecular formula is C12H12O4. The van der Waals surface area contributed by atoms with Crippen LogP contribution in [0.2, 0.25) is 0 Å². The summed E-state index contributed by atoms with van der Waals surface area (Å²) in [6, 6.07) is 8.76. The molecule has 0 atom stereocenters. The van der Waals surface area contributed by atoms with Gasteiger partial charge in [0.1, 0.15) is 0 Å². The molecule has 1 fully saturated rings. The van der Waals surface area contributed by atoms with Gasteiger partial charge in [-0.15, -0.1) is 0 Å². The molecule has 0 unspecified atom stereocenters. The molecule has 0 saturated carbocycles. The Labute approximate surface area is 93.2 Å². The van der Waals surface area contributed by atoms with Gasteiger partial charge in [-0.2, -0.15) is 0 Å². The third-order valence-electron chi connectivity index (χ3n) is 2.43. The minimum absolute atomic E-state index is 0.471. The van der Waals surface area contributed by atoms with Crippen molar-refractivity contribution >= 4 is 11.9 Å². The lowest BCUT2D eigenvalue weighted by molar-refractivity contribution is -0.206. The van der Waals surface area contributed by atoms with Crippen molar-refractivity contribution in [2.45, 2.75) is 25.6 Å². The summed E-state index contributed by atoms with van der Waals surface area (Å²) in [5.41, 5.74) is 0.604. The van der Waals surface area contributed by atoms with Gasteiger partial charge >= 0.3 is 11.9 Å². The van der Waals surface area contributed by atoms with Crippen molar-refractivity contribution in [2.75, 3.05) is 0 Å². The van der Waals surface area contributed by atoms with Gasteiger partial charge in [-0.3, -0.25) is 9.59 Å². The molecule has 1 aromatic rings. The highest BCUT2D eigenvalue weighted by atomic mass is 16.7. The molecule has 1 saturated heterocycles. The molecule has 1 aliphatic rings. The average Bonchev–Trinajstić information content (AvgIpc) is 2.29. The first-order valence-corrected chi connectivity index (χ1v) is 5.18. The van der Waals surface area contributed by atoms with Crippen molar-refractivity contribution in [3.63, 3.8) is 0 Å². The predicted molar refractivity (Wildman–Crippen MR) is 55.4 cm³/mol. The lowest BCUT2D eigenvalue weighted by Crippen LogP contribution is -2.38. The van der Waals surface area contributed by atoms with E-state index in [4.69, 9.17) is 9.47 Å². The number of cyclic esters (lactones) is 2. The van der Waals surface area contributed by atoms with Crippen LogP contribution in [0, 0.1) is 0 Å². The van der Waals surface area contributed by atoms with Crippen LogP contribution in [0.4, 0.5) is 0 Å². The molecule has 1 aliphatic heterocycles. The number of carbonyl (C=O) groups excluding carboxylic acids is 2. The van der Waals surface area contributed by atoms with Crippen molar-refractivity contribution in [2.24, 2.45) is 0 Å². The summed E-state index contributed by atoms with van der Waals surface area (Å²) in [7, 11) is 0.